The van der Waals surface area contributed by atoms with E-state index >= 15 is 0 Å². The van der Waals surface area contributed by atoms with Crippen LogP contribution in [0, 0.1) is 0 Å². The van der Waals surface area contributed by atoms with Crippen LogP contribution >= 0.6 is 0 Å². The average Bonchev–Trinajstić information content (AvgIpc) is 2.10. The molecule has 0 aliphatic carbocycles. The lowest BCUT2D eigenvalue weighted by Gasteiger charge is -2.19. The molecule has 0 N–H and O–H groups in total. The lowest BCUT2D eigenvalue weighted by molar-refractivity contribution is -0.133. The summed E-state index contributed by atoms with van der Waals surface area (Å²) in [6, 6.07) is 0. The smallest absolute Gasteiger partial charge is 0.225 e. The Balaban J connectivity index is 2.25. The van der Waals surface area contributed by atoms with Crippen LogP contribution in [-0.4, -0.2) is 22.9 Å². The van der Waals surface area contributed by atoms with E-state index in [1.165, 1.54) is 0 Å². The van der Waals surface area contributed by atoms with Crippen LogP contribution < -0.4 is 0 Å². The summed E-state index contributed by atoms with van der Waals surface area (Å²) in [4.78, 5) is 12.3. The van der Waals surface area contributed by atoms with Crippen molar-refractivity contribution < 1.29 is 4.79 Å². The molecule has 1 amide bonds. The van der Waals surface area contributed by atoms with Gasteiger partial charge in [-0.15, -0.1) is 0 Å². The van der Waals surface area contributed by atoms with Crippen molar-refractivity contribution in [2.75, 3.05) is 6.54 Å². The largest absolute Gasteiger partial charge is 0.333 e. The van der Waals surface area contributed by atoms with Crippen LogP contribution in [0.4, 0.5) is 0 Å². The van der Waals surface area contributed by atoms with Crippen LogP contribution in [-0.2, 0) is 4.79 Å². The molecule has 0 spiro atoms. The zero-order valence-corrected chi connectivity index (χ0v) is 4.27. The van der Waals surface area contributed by atoms with E-state index in [-0.39, 0.29) is 0 Å². The van der Waals surface area contributed by atoms with E-state index < -0.39 is 0 Å². The Labute approximate surface area is 42.1 Å². The molecule has 0 aromatic heterocycles. The molecule has 2 rings (SSSR count). The third kappa shape index (κ3) is 0.216. The van der Waals surface area contributed by atoms with Crippen LogP contribution in [0.25, 0.3) is 0 Å². The van der Waals surface area contributed by atoms with Crippen molar-refractivity contribution in [2.45, 2.75) is 18.9 Å². The second-order valence-corrected chi connectivity index (χ2v) is 2.65. The number of nitrogens with zero attached hydrogens (tertiary/aromatic N) is 1. The normalized spacial score (nSPS) is 45.3. The van der Waals surface area contributed by atoms with Crippen molar-refractivity contribution in [1.82, 2.24) is 4.90 Å². The molecule has 0 saturated carbocycles. The maximum absolute atomic E-state index is 10.4. The Morgan fingerprint density at radius 3 is 2.57 bits per heavy atom. The fourth-order valence-corrected chi connectivity index (χ4v) is 1.18. The first-order valence-electron chi connectivity index (χ1n) is 2.53. The molecular weight excluding hydrogens is 90.1 g/mol. The zero-order valence-electron chi connectivity index (χ0n) is 4.27. The molecule has 7 heavy (non-hydrogen) atoms. The summed E-state index contributed by atoms with van der Waals surface area (Å²) in [5.74, 6) is 0.336. The van der Waals surface area contributed by atoms with Crippen LogP contribution in [0.1, 0.15) is 13.3 Å². The summed E-state index contributed by atoms with van der Waals surface area (Å²) < 4.78 is 0. The third-order valence-corrected chi connectivity index (χ3v) is 1.88. The van der Waals surface area contributed by atoms with E-state index in [0.717, 1.165) is 13.0 Å². The van der Waals surface area contributed by atoms with Crippen molar-refractivity contribution in [3.63, 3.8) is 0 Å². The van der Waals surface area contributed by atoms with Crippen molar-refractivity contribution in [3.8, 4) is 0 Å². The molecular formula is C5H7NO. The fraction of sp³-hybridized carbons (Fsp3) is 0.800. The Kier molecular flexibility index (Phi) is 0.299. The molecule has 2 fully saturated rings. The maximum atomic E-state index is 10.4. The second-order valence-electron chi connectivity index (χ2n) is 2.65. The number of hydrogen-bond donors (Lipinski definition) is 0. The maximum Gasteiger partial charge on any atom is 0.225 e. The van der Waals surface area contributed by atoms with Gasteiger partial charge in [-0.2, -0.15) is 0 Å². The number of fused-ring (bicyclic) bond motifs is 1. The highest BCUT2D eigenvalue weighted by atomic mass is 16.2. The minimum atomic E-state index is 0.336. The molecule has 0 bridgehead atoms. The molecule has 1 unspecified atom stereocenters. The molecule has 0 radical (unpaired) electrons. The van der Waals surface area contributed by atoms with Gasteiger partial charge in [0.2, 0.25) is 5.91 Å². The number of carbonyl (C=O) groups is 1. The summed E-state index contributed by atoms with van der Waals surface area (Å²) >= 11 is 0. The third-order valence-electron chi connectivity index (χ3n) is 1.88. The van der Waals surface area contributed by atoms with Crippen LogP contribution in [0.15, 0.2) is 0 Å². The van der Waals surface area contributed by atoms with Gasteiger partial charge in [-0.25, -0.2) is 0 Å². The average molecular weight is 97.1 g/mol. The molecule has 1 atom stereocenters. The van der Waals surface area contributed by atoms with E-state index in [2.05, 4.69) is 6.92 Å². The molecule has 2 aliphatic rings. The summed E-state index contributed by atoms with van der Waals surface area (Å²) in [7, 11) is 0. The summed E-state index contributed by atoms with van der Waals surface area (Å²) in [6.07, 6.45) is 0.799. The molecule has 2 nitrogen and oxygen atoms in total. The highest BCUT2D eigenvalue weighted by Crippen LogP contribution is 2.45. The van der Waals surface area contributed by atoms with Crippen molar-refractivity contribution >= 4 is 5.91 Å². The molecule has 2 aliphatic heterocycles. The van der Waals surface area contributed by atoms with Gasteiger partial charge in [0.05, 0.1) is 12.0 Å². The quantitative estimate of drug-likeness (QED) is 0.307. The van der Waals surface area contributed by atoms with Crippen molar-refractivity contribution in [3.05, 3.63) is 0 Å². The van der Waals surface area contributed by atoms with Gasteiger partial charge in [0.25, 0.3) is 0 Å². The predicted octanol–water partition coefficient (Wildman–Crippen LogP) is -0.00900. The monoisotopic (exact) mass is 97.1 g/mol. The number of carbonyl (C=O) groups excluding carboxylic acids is 1. The number of β-lactam (4-membered cyclic amide) rings is 1. The molecule has 2 saturated heterocycles. The number of amides is 1. The fourth-order valence-electron chi connectivity index (χ4n) is 1.18. The van der Waals surface area contributed by atoms with E-state index in [4.69, 9.17) is 0 Å². The van der Waals surface area contributed by atoms with E-state index in [9.17, 15) is 4.79 Å². The molecule has 0 aromatic rings. The van der Waals surface area contributed by atoms with Gasteiger partial charge in [0.1, 0.15) is 0 Å². The summed E-state index contributed by atoms with van der Waals surface area (Å²) in [5, 5.41) is 0. The topological polar surface area (TPSA) is 20.1 Å². The highest BCUT2D eigenvalue weighted by molar-refractivity contribution is 5.89. The Bertz CT molecular complexity index is 143. The Hall–Kier alpha value is -0.530. The molecule has 2 heterocycles. The minimum Gasteiger partial charge on any atom is -0.333 e. The van der Waals surface area contributed by atoms with Gasteiger partial charge in [-0.05, 0) is 6.92 Å². The zero-order chi connectivity index (χ0) is 5.07. The first kappa shape index (κ1) is 3.47. The van der Waals surface area contributed by atoms with Crippen molar-refractivity contribution in [1.29, 1.82) is 0 Å². The lowest BCUT2D eigenvalue weighted by atomic mass is 10.0. The van der Waals surface area contributed by atoms with Crippen LogP contribution in [0.5, 0.6) is 0 Å². The molecule has 38 valence electrons. The Morgan fingerprint density at radius 2 is 2.57 bits per heavy atom. The van der Waals surface area contributed by atoms with E-state index in [1.807, 2.05) is 4.90 Å². The van der Waals surface area contributed by atoms with Crippen LogP contribution in [0.3, 0.4) is 0 Å². The first-order chi connectivity index (χ1) is 3.22. The van der Waals surface area contributed by atoms with Gasteiger partial charge in [-0.1, -0.05) is 0 Å². The second kappa shape index (κ2) is 0.602. The van der Waals surface area contributed by atoms with Gasteiger partial charge in [0.15, 0.2) is 0 Å². The lowest BCUT2D eigenvalue weighted by Crippen LogP contribution is -2.35. The summed E-state index contributed by atoms with van der Waals surface area (Å²) in [5.41, 5.74) is 0.344. The first-order valence-corrected chi connectivity index (χ1v) is 2.53. The highest BCUT2D eigenvalue weighted by Gasteiger charge is 2.61. The standard InChI is InChI=1S/C5H7NO/c1-5-2-4(7)6(5)3-5/h2-3H2,1H3. The van der Waals surface area contributed by atoms with Crippen LogP contribution in [0.2, 0.25) is 0 Å². The van der Waals surface area contributed by atoms with Gasteiger partial charge in [-0.3, -0.25) is 4.79 Å². The molecule has 2 heteroatoms. The number of rotatable bonds is 0. The Morgan fingerprint density at radius 1 is 1.86 bits per heavy atom. The summed E-state index contributed by atoms with van der Waals surface area (Å²) in [6.45, 7) is 3.14. The van der Waals surface area contributed by atoms with E-state index in [1.54, 1.807) is 0 Å². The SMILES string of the molecule is CC12CC(=O)N1C2. The van der Waals surface area contributed by atoms with Gasteiger partial charge < -0.3 is 4.90 Å². The van der Waals surface area contributed by atoms with Gasteiger partial charge >= 0.3 is 0 Å². The van der Waals surface area contributed by atoms with Gasteiger partial charge in [0, 0.05) is 6.54 Å². The predicted molar refractivity (Wildman–Crippen MR) is 24.7 cm³/mol. The number of hydrogen-bond acceptors (Lipinski definition) is 1. The van der Waals surface area contributed by atoms with Crippen molar-refractivity contribution in [2.24, 2.45) is 0 Å². The van der Waals surface area contributed by atoms with E-state index in [0.29, 0.717) is 11.4 Å². The molecule has 0 aromatic carbocycles. The minimum absolute atomic E-state index is 0.336.